The van der Waals surface area contributed by atoms with Gasteiger partial charge in [0.25, 0.3) is 0 Å². The molecule has 0 aliphatic heterocycles. The summed E-state index contributed by atoms with van der Waals surface area (Å²) >= 11 is 0. The molecule has 5 nitrogen and oxygen atoms in total. The highest BCUT2D eigenvalue weighted by atomic mass is 16.5. The average molecular weight is 212 g/mol. The van der Waals surface area contributed by atoms with Crippen LogP contribution in [0.4, 0.5) is 0 Å². The second-order valence-corrected chi connectivity index (χ2v) is 1.52. The Bertz CT molecular complexity index is 206. The summed E-state index contributed by atoms with van der Waals surface area (Å²) in [5.41, 5.74) is 0. The van der Waals surface area contributed by atoms with E-state index in [1.165, 1.54) is 12.5 Å². The van der Waals surface area contributed by atoms with Crippen LogP contribution in [0.5, 0.6) is 0 Å². The number of carbonyl (C=O) groups excluding carboxylic acids is 2. The van der Waals surface area contributed by atoms with Crippen molar-refractivity contribution in [3.05, 3.63) is 51.0 Å². The SMILES string of the molecule is C=CC(=O)[O-].C=CC(=O)[O-].C=COC=C. The van der Waals surface area contributed by atoms with E-state index in [-0.39, 0.29) is 0 Å². The second kappa shape index (κ2) is 17.7. The molecule has 0 fully saturated rings. The molecule has 0 aromatic rings. The minimum Gasteiger partial charge on any atom is -0.545 e. The zero-order chi connectivity index (χ0) is 12.7. The summed E-state index contributed by atoms with van der Waals surface area (Å²) in [6.45, 7) is 12.3. The fourth-order valence-electron chi connectivity index (χ4n) is 0.0680. The molecule has 0 amide bonds. The van der Waals surface area contributed by atoms with Crippen molar-refractivity contribution < 1.29 is 24.5 Å². The molecular weight excluding hydrogens is 200 g/mol. The standard InChI is InChI=1S/C4H6O.2C3H4O2/c1-3-5-4-2;2*1-2-3(4)5/h3-4H,1-2H2;2*2H,1H2,(H,4,5)/p-2. The van der Waals surface area contributed by atoms with E-state index in [4.69, 9.17) is 19.8 Å². The molecule has 0 bridgehead atoms. The molecule has 0 aromatic heterocycles. The zero-order valence-corrected chi connectivity index (χ0v) is 8.18. The number of hydrogen-bond donors (Lipinski definition) is 0. The van der Waals surface area contributed by atoms with Crippen molar-refractivity contribution in [1.29, 1.82) is 0 Å². The Morgan fingerprint density at radius 3 is 1.07 bits per heavy atom. The Balaban J connectivity index is -0.000000144. The van der Waals surface area contributed by atoms with Crippen molar-refractivity contribution in [2.45, 2.75) is 0 Å². The van der Waals surface area contributed by atoms with E-state index < -0.39 is 11.9 Å². The van der Waals surface area contributed by atoms with Gasteiger partial charge in [0, 0.05) is 0 Å². The fourth-order valence-corrected chi connectivity index (χ4v) is 0.0680. The van der Waals surface area contributed by atoms with Crippen molar-refractivity contribution in [3.8, 4) is 0 Å². The Kier molecular flexibility index (Phi) is 21.8. The van der Waals surface area contributed by atoms with Gasteiger partial charge in [-0.3, -0.25) is 0 Å². The Labute approximate surface area is 88.3 Å². The third kappa shape index (κ3) is 80.4. The monoisotopic (exact) mass is 212 g/mol. The lowest BCUT2D eigenvalue weighted by Crippen LogP contribution is -2.17. The van der Waals surface area contributed by atoms with Crippen LogP contribution in [0.15, 0.2) is 51.0 Å². The number of carboxylic acid groups (broad SMARTS) is 2. The summed E-state index contributed by atoms with van der Waals surface area (Å²) in [4.78, 5) is 18.3. The minimum absolute atomic E-state index is 0.722. The van der Waals surface area contributed by atoms with E-state index >= 15 is 0 Å². The maximum Gasteiger partial charge on any atom is 0.0829 e. The van der Waals surface area contributed by atoms with Crippen LogP contribution in [0.3, 0.4) is 0 Å². The van der Waals surface area contributed by atoms with Gasteiger partial charge >= 0.3 is 0 Å². The third-order valence-electron chi connectivity index (χ3n) is 0.526. The number of carboxylic acids is 2. The predicted molar refractivity (Wildman–Crippen MR) is 51.9 cm³/mol. The van der Waals surface area contributed by atoms with Gasteiger partial charge in [-0.25, -0.2) is 0 Å². The maximum absolute atomic E-state index is 9.14. The first-order valence-electron chi connectivity index (χ1n) is 3.50. The van der Waals surface area contributed by atoms with Gasteiger partial charge in [0.2, 0.25) is 0 Å². The topological polar surface area (TPSA) is 89.5 Å². The molecule has 0 aliphatic rings. The van der Waals surface area contributed by atoms with Crippen LogP contribution < -0.4 is 10.2 Å². The maximum atomic E-state index is 9.14. The molecule has 84 valence electrons. The molecule has 0 aromatic carbocycles. The molecule has 0 spiro atoms. The van der Waals surface area contributed by atoms with Gasteiger partial charge < -0.3 is 24.5 Å². The molecule has 0 saturated carbocycles. The predicted octanol–water partition coefficient (Wildman–Crippen LogP) is -0.865. The van der Waals surface area contributed by atoms with Gasteiger partial charge in [0.1, 0.15) is 0 Å². The largest absolute Gasteiger partial charge is 0.545 e. The summed E-state index contributed by atoms with van der Waals surface area (Å²) in [6, 6.07) is 0. The lowest BCUT2D eigenvalue weighted by Gasteiger charge is -1.81. The van der Waals surface area contributed by atoms with Crippen molar-refractivity contribution in [3.63, 3.8) is 0 Å². The highest BCUT2D eigenvalue weighted by Gasteiger charge is 1.56. The van der Waals surface area contributed by atoms with Crippen LogP contribution in [0.25, 0.3) is 0 Å². The van der Waals surface area contributed by atoms with Crippen molar-refractivity contribution in [2.24, 2.45) is 0 Å². The highest BCUT2D eigenvalue weighted by Crippen LogP contribution is 1.65. The van der Waals surface area contributed by atoms with E-state index in [2.05, 4.69) is 31.1 Å². The summed E-state index contributed by atoms with van der Waals surface area (Å²) in [7, 11) is 0. The van der Waals surface area contributed by atoms with Gasteiger partial charge in [-0.2, -0.15) is 0 Å². The Morgan fingerprint density at radius 1 is 0.867 bits per heavy atom. The van der Waals surface area contributed by atoms with Crippen molar-refractivity contribution in [2.75, 3.05) is 0 Å². The number of carbonyl (C=O) groups is 2. The molecule has 0 saturated heterocycles. The van der Waals surface area contributed by atoms with E-state index in [0.29, 0.717) is 0 Å². The summed E-state index contributed by atoms with van der Waals surface area (Å²) in [5.74, 6) is -2.46. The fraction of sp³-hybridized carbons (Fsp3) is 0. The number of hydrogen-bond acceptors (Lipinski definition) is 5. The molecule has 0 rings (SSSR count). The van der Waals surface area contributed by atoms with Gasteiger partial charge in [0.05, 0.1) is 24.5 Å². The number of ether oxygens (including phenoxy) is 1. The molecule has 0 radical (unpaired) electrons. The van der Waals surface area contributed by atoms with Crippen LogP contribution in [0.2, 0.25) is 0 Å². The summed E-state index contributed by atoms with van der Waals surface area (Å²) in [5, 5.41) is 18.3. The first kappa shape index (κ1) is 18.5. The second-order valence-electron chi connectivity index (χ2n) is 1.52. The first-order chi connectivity index (χ1) is 6.95. The lowest BCUT2D eigenvalue weighted by atomic mass is 10.7. The van der Waals surface area contributed by atoms with Crippen LogP contribution >= 0.6 is 0 Å². The van der Waals surface area contributed by atoms with E-state index in [1.807, 2.05) is 0 Å². The lowest BCUT2D eigenvalue weighted by molar-refractivity contribution is -0.298. The van der Waals surface area contributed by atoms with Gasteiger partial charge in [-0.05, 0) is 12.2 Å². The van der Waals surface area contributed by atoms with Gasteiger partial charge in [0.15, 0.2) is 0 Å². The van der Waals surface area contributed by atoms with Gasteiger partial charge in [-0.15, -0.1) is 0 Å². The Hall–Kier alpha value is -2.30. The number of aliphatic carboxylic acids is 2. The number of rotatable bonds is 4. The van der Waals surface area contributed by atoms with Crippen molar-refractivity contribution in [1.82, 2.24) is 0 Å². The van der Waals surface area contributed by atoms with Crippen LogP contribution in [-0.2, 0) is 14.3 Å². The van der Waals surface area contributed by atoms with E-state index in [9.17, 15) is 0 Å². The minimum atomic E-state index is -1.23. The molecule has 0 aliphatic carbocycles. The molecule has 15 heavy (non-hydrogen) atoms. The third-order valence-corrected chi connectivity index (χ3v) is 0.526. The first-order valence-corrected chi connectivity index (χ1v) is 3.50. The zero-order valence-electron chi connectivity index (χ0n) is 8.18. The van der Waals surface area contributed by atoms with Gasteiger partial charge in [-0.1, -0.05) is 26.3 Å². The van der Waals surface area contributed by atoms with Crippen LogP contribution in [-0.4, -0.2) is 11.9 Å². The molecular formula is C10H12O5-2. The molecule has 5 heteroatoms. The van der Waals surface area contributed by atoms with Crippen molar-refractivity contribution >= 4 is 11.9 Å². The molecule has 0 unspecified atom stereocenters. The van der Waals surface area contributed by atoms with E-state index in [0.717, 1.165) is 12.2 Å². The normalized spacial score (nSPS) is 6.13. The quantitative estimate of drug-likeness (QED) is 0.446. The summed E-state index contributed by atoms with van der Waals surface area (Å²) < 4.78 is 4.36. The Morgan fingerprint density at radius 2 is 1.07 bits per heavy atom. The molecule has 0 heterocycles. The smallest absolute Gasteiger partial charge is 0.0829 e. The highest BCUT2D eigenvalue weighted by molar-refractivity contribution is 5.76. The average Bonchev–Trinajstić information content (AvgIpc) is 2.20. The van der Waals surface area contributed by atoms with Crippen LogP contribution in [0, 0.1) is 0 Å². The van der Waals surface area contributed by atoms with E-state index in [1.54, 1.807) is 0 Å². The summed E-state index contributed by atoms with van der Waals surface area (Å²) in [6.07, 6.45) is 4.07. The molecule has 0 N–H and O–H groups in total. The molecule has 0 atom stereocenters. The van der Waals surface area contributed by atoms with Crippen LogP contribution in [0.1, 0.15) is 0 Å².